The predicted molar refractivity (Wildman–Crippen MR) is 163 cm³/mol. The van der Waals surface area contributed by atoms with Gasteiger partial charge in [-0.05, 0) is 54.1 Å². The fourth-order valence-corrected chi connectivity index (χ4v) is 6.78. The molecule has 0 aliphatic carbocycles. The van der Waals surface area contributed by atoms with Crippen LogP contribution in [0.15, 0.2) is 103 Å². The van der Waals surface area contributed by atoms with Gasteiger partial charge in [-0.2, -0.15) is 0 Å². The number of fused-ring (bicyclic) bond motifs is 5. The molecule has 0 unspecified atom stereocenters. The SMILES string of the molecule is O=C(c1ccccc1)c1ccc(OC(=O)[C@H]2[C@@H]3C(=O)N(c4ccc(Cl)cc4Cl)C(=O)[C@@H]3[C@H]3C=Cc4ccccc4N32)cc1. The van der Waals surface area contributed by atoms with E-state index < -0.39 is 41.7 Å². The Morgan fingerprint density at radius 2 is 1.40 bits per heavy atom. The van der Waals surface area contributed by atoms with Crippen LogP contribution < -0.4 is 14.5 Å². The summed E-state index contributed by atoms with van der Waals surface area (Å²) >= 11 is 12.5. The molecule has 7 nitrogen and oxygen atoms in total. The quantitative estimate of drug-likeness (QED) is 0.116. The van der Waals surface area contributed by atoms with Crippen molar-refractivity contribution in [2.75, 3.05) is 9.80 Å². The second kappa shape index (κ2) is 10.5. The highest BCUT2D eigenvalue weighted by Crippen LogP contribution is 2.50. The van der Waals surface area contributed by atoms with Crippen LogP contribution in [0.2, 0.25) is 10.0 Å². The summed E-state index contributed by atoms with van der Waals surface area (Å²) in [6, 6.07) is 25.5. The fourth-order valence-electron chi connectivity index (χ4n) is 6.29. The molecule has 0 aromatic heterocycles. The van der Waals surface area contributed by atoms with Gasteiger partial charge < -0.3 is 9.64 Å². The van der Waals surface area contributed by atoms with E-state index in [0.717, 1.165) is 16.2 Å². The molecule has 2 fully saturated rings. The molecule has 2 amide bonds. The van der Waals surface area contributed by atoms with Crippen molar-refractivity contribution in [2.45, 2.75) is 12.1 Å². The summed E-state index contributed by atoms with van der Waals surface area (Å²) in [6.07, 6.45) is 3.76. The van der Waals surface area contributed by atoms with Gasteiger partial charge in [0.2, 0.25) is 11.8 Å². The average Bonchev–Trinajstić information content (AvgIpc) is 3.50. The minimum absolute atomic E-state index is 0.153. The van der Waals surface area contributed by atoms with Crippen LogP contribution in [0.5, 0.6) is 5.75 Å². The van der Waals surface area contributed by atoms with Crippen molar-refractivity contribution in [2.24, 2.45) is 11.8 Å². The fraction of sp³-hybridized carbons (Fsp3) is 0.118. The number of benzene rings is 4. The van der Waals surface area contributed by atoms with Crippen molar-refractivity contribution < 1.29 is 23.9 Å². The number of ether oxygens (including phenoxy) is 1. The molecule has 7 rings (SSSR count). The lowest BCUT2D eigenvalue weighted by Crippen LogP contribution is -2.50. The second-order valence-corrected chi connectivity index (χ2v) is 11.4. The van der Waals surface area contributed by atoms with E-state index in [9.17, 15) is 19.2 Å². The summed E-state index contributed by atoms with van der Waals surface area (Å²) < 4.78 is 5.83. The van der Waals surface area contributed by atoms with E-state index in [2.05, 4.69) is 0 Å². The number of hydrogen-bond donors (Lipinski definition) is 0. The highest BCUT2D eigenvalue weighted by Gasteiger charge is 2.65. The van der Waals surface area contributed by atoms with Crippen molar-refractivity contribution in [3.63, 3.8) is 0 Å². The van der Waals surface area contributed by atoms with Crippen LogP contribution >= 0.6 is 23.2 Å². The number of nitrogens with zero attached hydrogens (tertiary/aromatic N) is 2. The molecular formula is C34H22Cl2N2O5. The van der Waals surface area contributed by atoms with Crippen LogP contribution in [0.4, 0.5) is 11.4 Å². The van der Waals surface area contributed by atoms with Gasteiger partial charge in [0.15, 0.2) is 5.78 Å². The van der Waals surface area contributed by atoms with Gasteiger partial charge in [-0.25, -0.2) is 9.69 Å². The average molecular weight is 609 g/mol. The Hall–Kier alpha value is -4.72. The minimum Gasteiger partial charge on any atom is -0.425 e. The Labute approximate surface area is 256 Å². The molecule has 0 spiro atoms. The Bertz CT molecular complexity index is 1840. The largest absolute Gasteiger partial charge is 0.425 e. The molecule has 4 aromatic carbocycles. The molecule has 0 bridgehead atoms. The molecule has 0 saturated carbocycles. The molecule has 3 heterocycles. The zero-order valence-corrected chi connectivity index (χ0v) is 23.9. The lowest BCUT2D eigenvalue weighted by Gasteiger charge is -2.36. The number of ketones is 1. The molecule has 2 saturated heterocycles. The van der Waals surface area contributed by atoms with Crippen molar-refractivity contribution >= 4 is 64.2 Å². The number of carbonyl (C=O) groups is 4. The third-order valence-corrected chi connectivity index (χ3v) is 8.72. The summed E-state index contributed by atoms with van der Waals surface area (Å²) in [7, 11) is 0. The molecule has 4 aromatic rings. The summed E-state index contributed by atoms with van der Waals surface area (Å²) in [4.78, 5) is 57.6. The number of imide groups is 1. The molecule has 212 valence electrons. The summed E-state index contributed by atoms with van der Waals surface area (Å²) in [5, 5.41) is 0.517. The Morgan fingerprint density at radius 1 is 0.721 bits per heavy atom. The van der Waals surface area contributed by atoms with E-state index in [1.54, 1.807) is 54.6 Å². The second-order valence-electron chi connectivity index (χ2n) is 10.6. The third kappa shape index (κ3) is 4.44. The van der Waals surface area contributed by atoms with E-state index >= 15 is 0 Å². The van der Waals surface area contributed by atoms with Crippen molar-refractivity contribution in [1.29, 1.82) is 0 Å². The number of esters is 1. The summed E-state index contributed by atoms with van der Waals surface area (Å²) in [6.45, 7) is 0. The first-order valence-electron chi connectivity index (χ1n) is 13.6. The first-order chi connectivity index (χ1) is 20.8. The van der Waals surface area contributed by atoms with Crippen LogP contribution in [0.3, 0.4) is 0 Å². The lowest BCUT2D eigenvalue weighted by atomic mass is 9.89. The van der Waals surface area contributed by atoms with Crippen molar-refractivity contribution in [3.8, 4) is 5.75 Å². The van der Waals surface area contributed by atoms with E-state index in [0.29, 0.717) is 16.1 Å². The zero-order valence-electron chi connectivity index (χ0n) is 22.4. The highest BCUT2D eigenvalue weighted by atomic mass is 35.5. The predicted octanol–water partition coefficient (Wildman–Crippen LogP) is 6.22. The molecular weight excluding hydrogens is 587 g/mol. The molecule has 0 N–H and O–H groups in total. The molecule has 43 heavy (non-hydrogen) atoms. The Morgan fingerprint density at radius 3 is 2.14 bits per heavy atom. The van der Waals surface area contributed by atoms with E-state index in [1.165, 1.54) is 12.1 Å². The zero-order chi connectivity index (χ0) is 29.8. The molecule has 3 aliphatic heterocycles. The molecule has 9 heteroatoms. The van der Waals surface area contributed by atoms with Gasteiger partial charge >= 0.3 is 5.97 Å². The molecule has 0 radical (unpaired) electrons. The number of anilines is 2. The van der Waals surface area contributed by atoms with Gasteiger partial charge in [-0.15, -0.1) is 0 Å². The number of halogens is 2. The summed E-state index contributed by atoms with van der Waals surface area (Å²) in [5.74, 6) is -3.48. The first kappa shape index (κ1) is 27.1. The van der Waals surface area contributed by atoms with Crippen molar-refractivity contribution in [3.05, 3.63) is 130 Å². The number of hydrogen-bond acceptors (Lipinski definition) is 6. The van der Waals surface area contributed by atoms with Gasteiger partial charge in [0, 0.05) is 21.8 Å². The van der Waals surface area contributed by atoms with Gasteiger partial charge in [-0.1, -0.05) is 83.9 Å². The highest BCUT2D eigenvalue weighted by molar-refractivity contribution is 6.38. The maximum absolute atomic E-state index is 14.0. The smallest absolute Gasteiger partial charge is 0.335 e. The lowest BCUT2D eigenvalue weighted by molar-refractivity contribution is -0.139. The van der Waals surface area contributed by atoms with E-state index in [-0.39, 0.29) is 22.2 Å². The standard InChI is InChI=1S/C34H22Cl2N2O5/c35-22-13-17-26(24(36)18-22)38-32(40)28-27-16-12-19-6-4-5-9-25(19)37(27)30(29(28)33(38)41)34(42)43-23-14-10-21(11-15-23)31(39)20-7-2-1-3-8-20/h1-18,27-30H/t27-,28-,29-,30-/m1/s1. The first-order valence-corrected chi connectivity index (χ1v) is 14.4. The van der Waals surface area contributed by atoms with Gasteiger partial charge in [0.1, 0.15) is 11.8 Å². The minimum atomic E-state index is -1.10. The number of para-hydroxylation sites is 1. The maximum Gasteiger partial charge on any atom is 0.335 e. The van der Waals surface area contributed by atoms with Crippen LogP contribution in [0, 0.1) is 11.8 Å². The maximum atomic E-state index is 14.0. The third-order valence-electron chi connectivity index (χ3n) is 8.18. The van der Waals surface area contributed by atoms with Gasteiger partial charge in [-0.3, -0.25) is 14.4 Å². The molecule has 4 atom stereocenters. The van der Waals surface area contributed by atoms with Gasteiger partial charge in [0.25, 0.3) is 0 Å². The molecule has 3 aliphatic rings. The number of rotatable bonds is 5. The van der Waals surface area contributed by atoms with Gasteiger partial charge in [0.05, 0.1) is 28.6 Å². The van der Waals surface area contributed by atoms with Crippen molar-refractivity contribution in [1.82, 2.24) is 0 Å². The van der Waals surface area contributed by atoms with Crippen LogP contribution in [-0.4, -0.2) is 35.7 Å². The van der Waals surface area contributed by atoms with Crippen LogP contribution in [0.1, 0.15) is 21.5 Å². The normalized spacial score (nSPS) is 21.8. The van der Waals surface area contributed by atoms with E-state index in [1.807, 2.05) is 47.4 Å². The topological polar surface area (TPSA) is 84.0 Å². The number of carbonyl (C=O) groups excluding carboxylic acids is 4. The summed E-state index contributed by atoms with van der Waals surface area (Å²) in [5.41, 5.74) is 2.79. The Balaban J connectivity index is 1.23. The van der Waals surface area contributed by atoms with Crippen LogP contribution in [-0.2, 0) is 14.4 Å². The van der Waals surface area contributed by atoms with Crippen LogP contribution in [0.25, 0.3) is 6.08 Å². The monoisotopic (exact) mass is 608 g/mol. The Kier molecular flexibility index (Phi) is 6.64. The number of amides is 2. The van der Waals surface area contributed by atoms with E-state index in [4.69, 9.17) is 27.9 Å².